The van der Waals surface area contributed by atoms with E-state index in [4.69, 9.17) is 9.47 Å². The zero-order valence-corrected chi connectivity index (χ0v) is 15.4. The van der Waals surface area contributed by atoms with E-state index in [2.05, 4.69) is 15.1 Å². The van der Waals surface area contributed by atoms with Crippen LogP contribution in [0.2, 0.25) is 0 Å². The quantitative estimate of drug-likeness (QED) is 0.793. The Morgan fingerprint density at radius 3 is 2.74 bits per heavy atom. The molecular formula is C19H25N5O3. The van der Waals surface area contributed by atoms with E-state index in [-0.39, 0.29) is 12.0 Å². The van der Waals surface area contributed by atoms with Crippen LogP contribution in [0.1, 0.15) is 16.8 Å². The Hall–Kier alpha value is -2.29. The van der Waals surface area contributed by atoms with Gasteiger partial charge in [-0.3, -0.25) is 14.3 Å². The first kappa shape index (κ1) is 18.1. The number of carbonyl (C=O) groups is 1. The molecule has 0 saturated carbocycles. The average molecular weight is 371 g/mol. The summed E-state index contributed by atoms with van der Waals surface area (Å²) in [5, 5.41) is 7.66. The summed E-state index contributed by atoms with van der Waals surface area (Å²) in [5.41, 5.74) is 1.55. The monoisotopic (exact) mass is 371 g/mol. The van der Waals surface area contributed by atoms with Crippen molar-refractivity contribution in [1.29, 1.82) is 0 Å². The molecule has 8 nitrogen and oxygen atoms in total. The van der Waals surface area contributed by atoms with E-state index < -0.39 is 0 Å². The van der Waals surface area contributed by atoms with Gasteiger partial charge in [0.25, 0.3) is 5.91 Å². The predicted octanol–water partition coefficient (Wildman–Crippen LogP) is 0.831. The van der Waals surface area contributed by atoms with Crippen LogP contribution in [0, 0.1) is 0 Å². The lowest BCUT2D eigenvalue weighted by Gasteiger charge is -2.31. The minimum atomic E-state index is 0.0376. The SMILES string of the molecule is O=C(c1cccc(-n2cnnc2)c1)N1CCCO[C@H](CN2CCOCC2)C1. The van der Waals surface area contributed by atoms with Crippen molar-refractivity contribution in [3.63, 3.8) is 0 Å². The number of benzene rings is 1. The largest absolute Gasteiger partial charge is 0.379 e. The molecule has 0 unspecified atom stereocenters. The van der Waals surface area contributed by atoms with E-state index in [0.717, 1.165) is 51.5 Å². The van der Waals surface area contributed by atoms with Crippen LogP contribution in [-0.4, -0.2) is 89.1 Å². The molecule has 0 spiro atoms. The van der Waals surface area contributed by atoms with Crippen LogP contribution in [0.3, 0.4) is 0 Å². The van der Waals surface area contributed by atoms with E-state index in [1.165, 1.54) is 0 Å². The van der Waals surface area contributed by atoms with Crippen LogP contribution in [0.15, 0.2) is 36.9 Å². The normalized spacial score (nSPS) is 21.8. The maximum absolute atomic E-state index is 13.1. The molecule has 2 fully saturated rings. The van der Waals surface area contributed by atoms with Gasteiger partial charge in [-0.05, 0) is 24.6 Å². The number of hydrogen-bond acceptors (Lipinski definition) is 6. The van der Waals surface area contributed by atoms with Gasteiger partial charge < -0.3 is 14.4 Å². The van der Waals surface area contributed by atoms with Gasteiger partial charge in [0.2, 0.25) is 0 Å². The Bertz CT molecular complexity index is 746. The Balaban J connectivity index is 1.44. The Morgan fingerprint density at radius 2 is 1.93 bits per heavy atom. The highest BCUT2D eigenvalue weighted by Crippen LogP contribution is 2.15. The molecule has 144 valence electrons. The summed E-state index contributed by atoms with van der Waals surface area (Å²) < 4.78 is 13.2. The molecule has 1 atom stereocenters. The predicted molar refractivity (Wildman–Crippen MR) is 98.9 cm³/mol. The molecule has 0 N–H and O–H groups in total. The highest BCUT2D eigenvalue weighted by atomic mass is 16.5. The molecule has 0 bridgehead atoms. The Kier molecular flexibility index (Phi) is 5.76. The van der Waals surface area contributed by atoms with Crippen LogP contribution in [-0.2, 0) is 9.47 Å². The molecule has 2 saturated heterocycles. The number of hydrogen-bond donors (Lipinski definition) is 0. The molecule has 27 heavy (non-hydrogen) atoms. The van der Waals surface area contributed by atoms with Crippen molar-refractivity contribution in [2.75, 3.05) is 52.5 Å². The third-order valence-electron chi connectivity index (χ3n) is 5.01. The summed E-state index contributed by atoms with van der Waals surface area (Å²) in [4.78, 5) is 17.4. The van der Waals surface area contributed by atoms with E-state index in [9.17, 15) is 4.79 Å². The van der Waals surface area contributed by atoms with Gasteiger partial charge in [-0.2, -0.15) is 0 Å². The van der Waals surface area contributed by atoms with E-state index in [0.29, 0.717) is 18.7 Å². The molecular weight excluding hydrogens is 346 g/mol. The fourth-order valence-electron chi connectivity index (χ4n) is 3.58. The van der Waals surface area contributed by atoms with Crippen molar-refractivity contribution in [1.82, 2.24) is 24.6 Å². The molecule has 1 aromatic heterocycles. The van der Waals surface area contributed by atoms with Crippen LogP contribution < -0.4 is 0 Å². The van der Waals surface area contributed by atoms with E-state index in [1.54, 1.807) is 17.2 Å². The average Bonchev–Trinajstić information content (AvgIpc) is 3.16. The smallest absolute Gasteiger partial charge is 0.254 e. The van der Waals surface area contributed by atoms with Gasteiger partial charge in [0.1, 0.15) is 12.7 Å². The van der Waals surface area contributed by atoms with Gasteiger partial charge in [-0.25, -0.2) is 0 Å². The van der Waals surface area contributed by atoms with Crippen LogP contribution >= 0.6 is 0 Å². The second kappa shape index (κ2) is 8.60. The molecule has 1 amide bonds. The number of amides is 1. The summed E-state index contributed by atoms with van der Waals surface area (Å²) in [5.74, 6) is 0.0439. The standard InChI is InChI=1S/C19H25N5O3/c25-19(16-3-1-4-17(11-16)24-14-20-21-15-24)23-5-2-8-27-18(13-23)12-22-6-9-26-10-7-22/h1,3-4,11,14-15,18H,2,5-10,12-13H2/t18-/m1/s1. The number of ether oxygens (including phenoxy) is 2. The second-order valence-corrected chi connectivity index (χ2v) is 6.93. The lowest BCUT2D eigenvalue weighted by Crippen LogP contribution is -2.45. The lowest BCUT2D eigenvalue weighted by molar-refractivity contribution is -0.0112. The van der Waals surface area contributed by atoms with Crippen molar-refractivity contribution < 1.29 is 14.3 Å². The van der Waals surface area contributed by atoms with E-state index in [1.807, 2.05) is 29.2 Å². The zero-order valence-electron chi connectivity index (χ0n) is 15.4. The van der Waals surface area contributed by atoms with Gasteiger partial charge in [-0.1, -0.05) is 6.07 Å². The third kappa shape index (κ3) is 4.52. The maximum atomic E-state index is 13.1. The lowest BCUT2D eigenvalue weighted by atomic mass is 10.1. The highest BCUT2D eigenvalue weighted by Gasteiger charge is 2.26. The van der Waals surface area contributed by atoms with Crippen LogP contribution in [0.5, 0.6) is 0 Å². The summed E-state index contributed by atoms with van der Waals surface area (Å²) in [6, 6.07) is 7.57. The fraction of sp³-hybridized carbons (Fsp3) is 0.526. The van der Waals surface area contributed by atoms with Crippen LogP contribution in [0.25, 0.3) is 5.69 Å². The number of aromatic nitrogens is 3. The summed E-state index contributed by atoms with van der Waals surface area (Å²) in [6.07, 6.45) is 4.15. The van der Waals surface area contributed by atoms with Crippen molar-refractivity contribution in [2.24, 2.45) is 0 Å². The van der Waals surface area contributed by atoms with Gasteiger partial charge >= 0.3 is 0 Å². The summed E-state index contributed by atoms with van der Waals surface area (Å²) >= 11 is 0. The third-order valence-corrected chi connectivity index (χ3v) is 5.01. The van der Waals surface area contributed by atoms with Crippen molar-refractivity contribution >= 4 is 5.91 Å². The molecule has 2 aromatic rings. The van der Waals surface area contributed by atoms with Crippen LogP contribution in [0.4, 0.5) is 0 Å². The molecule has 3 heterocycles. The number of carbonyl (C=O) groups excluding carboxylic acids is 1. The number of nitrogens with zero attached hydrogens (tertiary/aromatic N) is 5. The van der Waals surface area contributed by atoms with Gasteiger partial charge in [0, 0.05) is 50.6 Å². The molecule has 0 aliphatic carbocycles. The van der Waals surface area contributed by atoms with Gasteiger partial charge in [0.15, 0.2) is 0 Å². The highest BCUT2D eigenvalue weighted by molar-refractivity contribution is 5.94. The van der Waals surface area contributed by atoms with Crippen molar-refractivity contribution in [3.05, 3.63) is 42.5 Å². The maximum Gasteiger partial charge on any atom is 0.254 e. The Morgan fingerprint density at radius 1 is 1.11 bits per heavy atom. The second-order valence-electron chi connectivity index (χ2n) is 6.93. The van der Waals surface area contributed by atoms with Crippen molar-refractivity contribution in [3.8, 4) is 5.69 Å². The molecule has 0 radical (unpaired) electrons. The minimum absolute atomic E-state index is 0.0376. The summed E-state index contributed by atoms with van der Waals surface area (Å²) in [7, 11) is 0. The Labute approximate surface area is 158 Å². The topological polar surface area (TPSA) is 72.7 Å². The molecule has 2 aliphatic heterocycles. The van der Waals surface area contributed by atoms with Crippen molar-refractivity contribution in [2.45, 2.75) is 12.5 Å². The molecule has 1 aromatic carbocycles. The zero-order chi connectivity index (χ0) is 18.5. The number of morpholine rings is 1. The number of rotatable bonds is 4. The first-order valence-electron chi connectivity index (χ1n) is 9.45. The molecule has 2 aliphatic rings. The fourth-order valence-corrected chi connectivity index (χ4v) is 3.58. The first-order chi connectivity index (χ1) is 13.3. The molecule has 4 rings (SSSR count). The summed E-state index contributed by atoms with van der Waals surface area (Å²) in [6.45, 7) is 6.26. The first-order valence-corrected chi connectivity index (χ1v) is 9.45. The van der Waals surface area contributed by atoms with Gasteiger partial charge in [0.05, 0.1) is 19.3 Å². The van der Waals surface area contributed by atoms with Gasteiger partial charge in [-0.15, -0.1) is 10.2 Å². The minimum Gasteiger partial charge on any atom is -0.379 e. The van der Waals surface area contributed by atoms with E-state index >= 15 is 0 Å². The molecule has 8 heteroatoms.